The van der Waals surface area contributed by atoms with Gasteiger partial charge < -0.3 is 4.74 Å². The molecule has 1 aliphatic carbocycles. The van der Waals surface area contributed by atoms with Crippen LogP contribution >= 0.6 is 11.6 Å². The fourth-order valence-electron chi connectivity index (χ4n) is 1.76. The second-order valence-corrected chi connectivity index (χ2v) is 4.05. The van der Waals surface area contributed by atoms with Gasteiger partial charge in [0.2, 0.25) is 0 Å². The lowest BCUT2D eigenvalue weighted by Gasteiger charge is -1.99. The van der Waals surface area contributed by atoms with Crippen molar-refractivity contribution in [3.8, 4) is 0 Å². The van der Waals surface area contributed by atoms with Gasteiger partial charge in [-0.05, 0) is 36.0 Å². The van der Waals surface area contributed by atoms with E-state index < -0.39 is 0 Å². The molecule has 2 rings (SSSR count). The van der Waals surface area contributed by atoms with Crippen molar-refractivity contribution in [2.75, 3.05) is 13.7 Å². The maximum atomic E-state index is 5.81. The van der Waals surface area contributed by atoms with Crippen molar-refractivity contribution in [3.05, 3.63) is 34.9 Å². The molecular formula is C11H13ClO. The van der Waals surface area contributed by atoms with Crippen LogP contribution in [0.15, 0.2) is 24.3 Å². The summed E-state index contributed by atoms with van der Waals surface area (Å²) in [6.45, 7) is 0.882. The third-order valence-electron chi connectivity index (χ3n) is 2.60. The summed E-state index contributed by atoms with van der Waals surface area (Å²) in [6, 6.07) is 8.14. The Balaban J connectivity index is 2.00. The molecule has 1 saturated carbocycles. The first kappa shape index (κ1) is 9.04. The van der Waals surface area contributed by atoms with Crippen molar-refractivity contribution < 1.29 is 4.74 Å². The van der Waals surface area contributed by atoms with Crippen LogP contribution in [0.3, 0.4) is 0 Å². The smallest absolute Gasteiger partial charge is 0.0496 e. The summed E-state index contributed by atoms with van der Waals surface area (Å²) in [6.07, 6.45) is 1.26. The molecule has 0 spiro atoms. The molecule has 1 aromatic rings. The predicted octanol–water partition coefficient (Wildman–Crippen LogP) is 3.09. The molecule has 2 atom stereocenters. The van der Waals surface area contributed by atoms with E-state index in [0.717, 1.165) is 17.5 Å². The van der Waals surface area contributed by atoms with Gasteiger partial charge in [-0.25, -0.2) is 0 Å². The second kappa shape index (κ2) is 3.69. The van der Waals surface area contributed by atoms with Crippen molar-refractivity contribution >= 4 is 11.6 Å². The Kier molecular flexibility index (Phi) is 2.56. The standard InChI is InChI=1S/C11H13ClO/c1-13-7-9-6-11(9)8-2-4-10(12)5-3-8/h2-5,9,11H,6-7H2,1H3/t9-,11+/m1/s1. The molecule has 0 saturated heterocycles. The fourth-order valence-corrected chi connectivity index (χ4v) is 1.89. The number of rotatable bonds is 3. The summed E-state index contributed by atoms with van der Waals surface area (Å²) < 4.78 is 5.12. The molecule has 1 fully saturated rings. The number of ether oxygens (including phenoxy) is 1. The zero-order valence-electron chi connectivity index (χ0n) is 7.66. The van der Waals surface area contributed by atoms with E-state index in [0.29, 0.717) is 5.92 Å². The van der Waals surface area contributed by atoms with Gasteiger partial charge in [0.15, 0.2) is 0 Å². The second-order valence-electron chi connectivity index (χ2n) is 3.61. The largest absolute Gasteiger partial charge is 0.384 e. The zero-order chi connectivity index (χ0) is 9.26. The van der Waals surface area contributed by atoms with Crippen molar-refractivity contribution in [2.24, 2.45) is 5.92 Å². The first-order valence-electron chi connectivity index (χ1n) is 4.55. The summed E-state index contributed by atoms with van der Waals surface area (Å²) >= 11 is 5.81. The van der Waals surface area contributed by atoms with Crippen LogP contribution in [0.5, 0.6) is 0 Å². The van der Waals surface area contributed by atoms with E-state index in [2.05, 4.69) is 12.1 Å². The Hall–Kier alpha value is -0.530. The summed E-state index contributed by atoms with van der Waals surface area (Å²) in [5, 5.41) is 0.813. The number of halogens is 1. The summed E-state index contributed by atoms with van der Waals surface area (Å²) in [5.41, 5.74) is 1.39. The van der Waals surface area contributed by atoms with Crippen molar-refractivity contribution in [1.82, 2.24) is 0 Å². The number of methoxy groups -OCH3 is 1. The van der Waals surface area contributed by atoms with Gasteiger partial charge in [0.25, 0.3) is 0 Å². The van der Waals surface area contributed by atoms with Gasteiger partial charge in [-0.2, -0.15) is 0 Å². The first-order chi connectivity index (χ1) is 6.31. The molecule has 0 radical (unpaired) electrons. The average Bonchev–Trinajstić information content (AvgIpc) is 2.86. The molecule has 1 aliphatic rings. The maximum absolute atomic E-state index is 5.81. The van der Waals surface area contributed by atoms with Gasteiger partial charge in [-0.15, -0.1) is 0 Å². The Labute approximate surface area is 83.7 Å². The van der Waals surface area contributed by atoms with Crippen LogP contribution in [0, 0.1) is 5.92 Å². The monoisotopic (exact) mass is 196 g/mol. The molecule has 2 heteroatoms. The predicted molar refractivity (Wildman–Crippen MR) is 54.2 cm³/mol. The lowest BCUT2D eigenvalue weighted by atomic mass is 10.1. The third kappa shape index (κ3) is 2.04. The molecule has 0 unspecified atom stereocenters. The van der Waals surface area contributed by atoms with Crippen molar-refractivity contribution in [2.45, 2.75) is 12.3 Å². The molecule has 13 heavy (non-hydrogen) atoms. The van der Waals surface area contributed by atoms with Crippen LogP contribution in [0.2, 0.25) is 5.02 Å². The van der Waals surface area contributed by atoms with E-state index in [4.69, 9.17) is 16.3 Å². The van der Waals surface area contributed by atoms with Crippen molar-refractivity contribution in [3.63, 3.8) is 0 Å². The Morgan fingerprint density at radius 2 is 2.08 bits per heavy atom. The molecule has 1 nitrogen and oxygen atoms in total. The highest BCUT2D eigenvalue weighted by atomic mass is 35.5. The van der Waals surface area contributed by atoms with Crippen molar-refractivity contribution in [1.29, 1.82) is 0 Å². The molecule has 0 N–H and O–H groups in total. The lowest BCUT2D eigenvalue weighted by Crippen LogP contribution is -1.92. The molecule has 0 bridgehead atoms. The molecule has 1 aromatic carbocycles. The molecule has 70 valence electrons. The SMILES string of the molecule is COC[C@H]1C[C@H]1c1ccc(Cl)cc1. The molecular weight excluding hydrogens is 184 g/mol. The van der Waals surface area contributed by atoms with E-state index in [9.17, 15) is 0 Å². The minimum absolute atomic E-state index is 0.706. The Morgan fingerprint density at radius 1 is 1.38 bits per heavy atom. The Morgan fingerprint density at radius 3 is 2.69 bits per heavy atom. The average molecular weight is 197 g/mol. The highest BCUT2D eigenvalue weighted by Crippen LogP contribution is 2.47. The van der Waals surface area contributed by atoms with Crippen LogP contribution < -0.4 is 0 Å². The highest BCUT2D eigenvalue weighted by molar-refractivity contribution is 6.30. The number of benzene rings is 1. The minimum atomic E-state index is 0.706. The van der Waals surface area contributed by atoms with E-state index in [1.807, 2.05) is 12.1 Å². The number of hydrogen-bond donors (Lipinski definition) is 0. The molecule has 0 amide bonds. The Bertz CT molecular complexity index is 281. The van der Waals surface area contributed by atoms with E-state index in [-0.39, 0.29) is 0 Å². The van der Waals surface area contributed by atoms with Gasteiger partial charge in [0.05, 0.1) is 0 Å². The van der Waals surface area contributed by atoms with Gasteiger partial charge >= 0.3 is 0 Å². The third-order valence-corrected chi connectivity index (χ3v) is 2.85. The van der Waals surface area contributed by atoms with Crippen LogP contribution in [0.1, 0.15) is 17.9 Å². The van der Waals surface area contributed by atoms with Crippen LogP contribution in [-0.4, -0.2) is 13.7 Å². The van der Waals surface area contributed by atoms with E-state index in [1.54, 1.807) is 7.11 Å². The molecule has 0 heterocycles. The van der Waals surface area contributed by atoms with E-state index in [1.165, 1.54) is 12.0 Å². The topological polar surface area (TPSA) is 9.23 Å². The molecule has 0 aromatic heterocycles. The first-order valence-corrected chi connectivity index (χ1v) is 4.93. The minimum Gasteiger partial charge on any atom is -0.384 e. The maximum Gasteiger partial charge on any atom is 0.0496 e. The quantitative estimate of drug-likeness (QED) is 0.722. The van der Waals surface area contributed by atoms with Gasteiger partial charge in [-0.1, -0.05) is 23.7 Å². The highest BCUT2D eigenvalue weighted by Gasteiger charge is 2.37. The lowest BCUT2D eigenvalue weighted by molar-refractivity contribution is 0.184. The van der Waals surface area contributed by atoms with E-state index >= 15 is 0 Å². The normalized spacial score (nSPS) is 26.0. The van der Waals surface area contributed by atoms with Gasteiger partial charge in [-0.3, -0.25) is 0 Å². The van der Waals surface area contributed by atoms with Crippen LogP contribution in [0.4, 0.5) is 0 Å². The van der Waals surface area contributed by atoms with Crippen LogP contribution in [-0.2, 0) is 4.74 Å². The van der Waals surface area contributed by atoms with Crippen LogP contribution in [0.25, 0.3) is 0 Å². The fraction of sp³-hybridized carbons (Fsp3) is 0.455. The number of hydrogen-bond acceptors (Lipinski definition) is 1. The summed E-state index contributed by atoms with van der Waals surface area (Å²) in [5.74, 6) is 1.43. The zero-order valence-corrected chi connectivity index (χ0v) is 8.42. The van der Waals surface area contributed by atoms with Gasteiger partial charge in [0, 0.05) is 18.7 Å². The summed E-state index contributed by atoms with van der Waals surface area (Å²) in [4.78, 5) is 0. The molecule has 0 aliphatic heterocycles. The summed E-state index contributed by atoms with van der Waals surface area (Å²) in [7, 11) is 1.76. The van der Waals surface area contributed by atoms with Gasteiger partial charge in [0.1, 0.15) is 0 Å².